The van der Waals surface area contributed by atoms with E-state index in [-0.39, 0.29) is 0 Å². The number of ether oxygens (including phenoxy) is 1. The number of terminal acetylenes is 1. The van der Waals surface area contributed by atoms with Gasteiger partial charge in [0, 0.05) is 0 Å². The smallest absolute Gasteiger partial charge is 0.407 e. The fraction of sp³-hybridized carbons (Fsp3) is 0.143. The van der Waals surface area contributed by atoms with Crippen LogP contribution < -0.4 is 5.32 Å². The summed E-state index contributed by atoms with van der Waals surface area (Å²) < 4.78 is 2.01. The molecular formula is C7H6Cl3NO3. The maximum absolute atomic E-state index is 11.0. The van der Waals surface area contributed by atoms with E-state index in [1.165, 1.54) is 0 Å². The highest BCUT2D eigenvalue weighted by molar-refractivity contribution is 6.69. The standard InChI is InChI=1S/C7H6Cl3NO3/c1-3-14-6(13)4(11-2)5(12)7(8,9)10/h1,12H,2,11H2/b5-4+. The lowest BCUT2D eigenvalue weighted by Crippen LogP contribution is -2.77. The Morgan fingerprint density at radius 3 is 2.36 bits per heavy atom. The minimum absolute atomic E-state index is 0.400. The zero-order valence-electron chi connectivity index (χ0n) is 6.76. The van der Waals surface area contributed by atoms with Crippen molar-refractivity contribution in [1.82, 2.24) is 0 Å². The van der Waals surface area contributed by atoms with E-state index in [4.69, 9.17) is 41.2 Å². The molecule has 78 valence electrons. The number of halogens is 3. The molecule has 0 aromatic rings. The van der Waals surface area contributed by atoms with Gasteiger partial charge < -0.3 is 15.2 Å². The molecule has 0 aliphatic heterocycles. The van der Waals surface area contributed by atoms with Crippen LogP contribution in [0.15, 0.2) is 11.5 Å². The molecule has 0 bridgehead atoms. The van der Waals surface area contributed by atoms with E-state index in [1.807, 2.05) is 0 Å². The maximum atomic E-state index is 11.0. The lowest BCUT2D eigenvalue weighted by molar-refractivity contribution is -0.540. The van der Waals surface area contributed by atoms with Crippen LogP contribution in [0.5, 0.6) is 0 Å². The van der Waals surface area contributed by atoms with Crippen molar-refractivity contribution in [1.29, 1.82) is 0 Å². The van der Waals surface area contributed by atoms with Crippen LogP contribution in [0.2, 0.25) is 0 Å². The predicted molar refractivity (Wildman–Crippen MR) is 52.2 cm³/mol. The van der Waals surface area contributed by atoms with Crippen LogP contribution in [-0.4, -0.2) is 14.9 Å². The second kappa shape index (κ2) is 5.32. The minimum Gasteiger partial charge on any atom is -0.503 e. The van der Waals surface area contributed by atoms with Gasteiger partial charge in [0.1, 0.15) is 6.11 Å². The van der Waals surface area contributed by atoms with E-state index in [2.05, 4.69) is 11.8 Å². The molecule has 7 heteroatoms. The first-order chi connectivity index (χ1) is 6.34. The zero-order valence-corrected chi connectivity index (χ0v) is 9.03. The molecule has 0 atom stereocenters. The number of hydrogen-bond acceptors (Lipinski definition) is 3. The summed E-state index contributed by atoms with van der Waals surface area (Å²) in [6.45, 7) is 0. The summed E-state index contributed by atoms with van der Waals surface area (Å²) in [5.74, 6) is -1.82. The molecule has 4 nitrogen and oxygen atoms in total. The number of esters is 1. The first-order valence-electron chi connectivity index (χ1n) is 3.14. The molecular weight excluding hydrogens is 252 g/mol. The van der Waals surface area contributed by atoms with Crippen molar-refractivity contribution in [3.63, 3.8) is 0 Å². The van der Waals surface area contributed by atoms with E-state index in [1.54, 1.807) is 6.11 Å². The molecule has 0 heterocycles. The van der Waals surface area contributed by atoms with Gasteiger partial charge in [-0.05, 0) is 0 Å². The van der Waals surface area contributed by atoms with Crippen molar-refractivity contribution < 1.29 is 20.0 Å². The highest BCUT2D eigenvalue weighted by atomic mass is 35.6. The van der Waals surface area contributed by atoms with Gasteiger partial charge in [0.25, 0.3) is 3.79 Å². The van der Waals surface area contributed by atoms with Gasteiger partial charge in [-0.2, -0.15) is 0 Å². The van der Waals surface area contributed by atoms with Gasteiger partial charge >= 0.3 is 5.97 Å². The van der Waals surface area contributed by atoms with Gasteiger partial charge in [0.15, 0.2) is 0 Å². The second-order valence-electron chi connectivity index (χ2n) is 1.97. The van der Waals surface area contributed by atoms with Crippen LogP contribution in [0.4, 0.5) is 0 Å². The third-order valence-electron chi connectivity index (χ3n) is 1.10. The molecule has 0 aromatic heterocycles. The number of alkyl halides is 3. The Morgan fingerprint density at radius 2 is 2.07 bits per heavy atom. The highest BCUT2D eigenvalue weighted by Gasteiger charge is 2.34. The molecule has 0 saturated heterocycles. The quantitative estimate of drug-likeness (QED) is 0.191. The van der Waals surface area contributed by atoms with Gasteiger partial charge in [-0.15, -0.1) is 7.05 Å². The second-order valence-corrected chi connectivity index (χ2v) is 4.25. The number of aliphatic hydroxyl groups excluding tert-OH is 1. The average Bonchev–Trinajstić information content (AvgIpc) is 2.04. The highest BCUT2D eigenvalue weighted by Crippen LogP contribution is 2.33. The van der Waals surface area contributed by atoms with Gasteiger partial charge in [-0.3, -0.25) is 0 Å². The summed E-state index contributed by atoms with van der Waals surface area (Å²) in [5, 5.41) is 10.3. The Hall–Kier alpha value is -0.600. The Morgan fingerprint density at radius 1 is 1.57 bits per heavy atom. The molecule has 0 spiro atoms. The first-order valence-corrected chi connectivity index (χ1v) is 4.27. The summed E-state index contributed by atoms with van der Waals surface area (Å²) in [4.78, 5) is 11.0. The molecule has 0 amide bonds. The van der Waals surface area contributed by atoms with Crippen molar-refractivity contribution in [3.8, 4) is 12.5 Å². The van der Waals surface area contributed by atoms with Crippen LogP contribution in [0.1, 0.15) is 0 Å². The number of rotatable bonds is 2. The monoisotopic (exact) mass is 257 g/mol. The molecule has 0 rings (SSSR count). The number of quaternary nitrogens is 1. The van der Waals surface area contributed by atoms with Gasteiger partial charge in [0.2, 0.25) is 11.5 Å². The molecule has 0 aromatic carbocycles. The number of carbonyl (C=O) groups is 1. The van der Waals surface area contributed by atoms with Crippen LogP contribution in [-0.2, 0) is 9.53 Å². The molecule has 0 fully saturated rings. The molecule has 0 aliphatic rings. The Bertz CT molecular complexity index is 300. The third-order valence-corrected chi connectivity index (χ3v) is 1.64. The fourth-order valence-corrected chi connectivity index (χ4v) is 0.843. The predicted octanol–water partition coefficient (Wildman–Crippen LogP) is 0.615. The average molecular weight is 258 g/mol. The molecule has 0 radical (unpaired) electrons. The molecule has 0 unspecified atom stereocenters. The minimum atomic E-state index is -2.13. The van der Waals surface area contributed by atoms with E-state index >= 15 is 0 Å². The number of nitrogens with two attached hydrogens (primary N) is 1. The summed E-state index contributed by atoms with van der Waals surface area (Å²) in [7, 11) is 3.24. The topological polar surface area (TPSA) is 63.1 Å². The Labute approximate surface area is 95.8 Å². The number of allylic oxidation sites excluding steroid dienone is 1. The van der Waals surface area contributed by atoms with Crippen molar-refractivity contribution >= 4 is 40.8 Å². The summed E-state index contributed by atoms with van der Waals surface area (Å²) >= 11 is 16.0. The molecule has 0 saturated carbocycles. The summed E-state index contributed by atoms with van der Waals surface area (Å²) in [6.07, 6.45) is 6.32. The van der Waals surface area contributed by atoms with Crippen LogP contribution in [0.25, 0.3) is 0 Å². The SMILES string of the molecule is C#COC(=O)/C([NH2+][CH2-])=C(\O)C(Cl)(Cl)Cl. The van der Waals surface area contributed by atoms with Crippen molar-refractivity contribution in [3.05, 3.63) is 18.5 Å². The van der Waals surface area contributed by atoms with Crippen molar-refractivity contribution in [2.45, 2.75) is 3.79 Å². The van der Waals surface area contributed by atoms with Crippen LogP contribution in [0.3, 0.4) is 0 Å². The van der Waals surface area contributed by atoms with E-state index in [9.17, 15) is 9.90 Å². The van der Waals surface area contributed by atoms with Gasteiger partial charge in [-0.25, -0.2) is 4.79 Å². The lowest BCUT2D eigenvalue weighted by Gasteiger charge is -2.12. The van der Waals surface area contributed by atoms with Crippen molar-refractivity contribution in [2.24, 2.45) is 0 Å². The molecule has 3 N–H and O–H groups in total. The largest absolute Gasteiger partial charge is 0.503 e. The normalized spacial score (nSPS) is 12.8. The lowest BCUT2D eigenvalue weighted by atomic mass is 10.4. The number of carbonyl (C=O) groups excluding carboxylic acids is 1. The fourth-order valence-electron chi connectivity index (χ4n) is 0.538. The van der Waals surface area contributed by atoms with Crippen LogP contribution >= 0.6 is 34.8 Å². The Balaban J connectivity index is 5.06. The van der Waals surface area contributed by atoms with E-state index in [0.29, 0.717) is 0 Å². The van der Waals surface area contributed by atoms with Crippen molar-refractivity contribution in [2.75, 3.05) is 0 Å². The summed E-state index contributed by atoms with van der Waals surface area (Å²) in [6, 6.07) is 0. The van der Waals surface area contributed by atoms with E-state index < -0.39 is 21.2 Å². The molecule has 0 aliphatic carbocycles. The number of hydrogen-bond donors (Lipinski definition) is 2. The third kappa shape index (κ3) is 3.64. The van der Waals surface area contributed by atoms with Gasteiger partial charge in [0.05, 0.1) is 0 Å². The Kier molecular flexibility index (Phi) is 5.09. The summed E-state index contributed by atoms with van der Waals surface area (Å²) in [5.41, 5.74) is -0.400. The first kappa shape index (κ1) is 13.4. The van der Waals surface area contributed by atoms with Gasteiger partial charge in [-0.1, -0.05) is 41.2 Å². The van der Waals surface area contributed by atoms with Crippen LogP contribution in [0, 0.1) is 19.6 Å². The van der Waals surface area contributed by atoms with E-state index in [0.717, 1.165) is 5.32 Å². The number of aliphatic hydroxyl groups is 1. The maximum Gasteiger partial charge on any atom is 0.407 e. The zero-order chi connectivity index (χ0) is 11.4. The molecule has 14 heavy (non-hydrogen) atoms.